The van der Waals surface area contributed by atoms with Gasteiger partial charge in [0.15, 0.2) is 0 Å². The molecule has 1 atom stereocenters. The monoisotopic (exact) mass is 274 g/mol. The molecular formula is C15H22N4O. The molecule has 2 heterocycles. The third-order valence-electron chi connectivity index (χ3n) is 5.13. The highest BCUT2D eigenvalue weighted by Gasteiger charge is 2.54. The minimum Gasteiger partial charge on any atom is -0.348 e. The van der Waals surface area contributed by atoms with Crippen molar-refractivity contribution < 1.29 is 4.79 Å². The summed E-state index contributed by atoms with van der Waals surface area (Å²) in [5, 5.41) is 3.64. The quantitative estimate of drug-likeness (QED) is 0.884. The first-order valence-corrected chi connectivity index (χ1v) is 7.78. The van der Waals surface area contributed by atoms with Crippen LogP contribution in [0.2, 0.25) is 0 Å². The molecule has 1 saturated heterocycles. The van der Waals surface area contributed by atoms with Crippen molar-refractivity contribution in [1.29, 1.82) is 0 Å². The molecule has 5 nitrogen and oxygen atoms in total. The lowest BCUT2D eigenvalue weighted by molar-refractivity contribution is -0.133. The SMILES string of the molecule is Cc1[nH]cnc1[C@@H]1NC2(CCCC2)C(=O)N1CC1CC1. The maximum atomic E-state index is 12.9. The molecule has 20 heavy (non-hydrogen) atoms. The number of H-pyrrole nitrogens is 1. The Kier molecular flexibility index (Phi) is 2.67. The third-order valence-corrected chi connectivity index (χ3v) is 5.13. The Balaban J connectivity index is 1.68. The fourth-order valence-corrected chi connectivity index (χ4v) is 3.76. The van der Waals surface area contributed by atoms with Crippen LogP contribution in [-0.2, 0) is 4.79 Å². The molecule has 2 N–H and O–H groups in total. The normalized spacial score (nSPS) is 28.8. The van der Waals surface area contributed by atoms with Crippen molar-refractivity contribution in [2.45, 2.75) is 57.2 Å². The van der Waals surface area contributed by atoms with E-state index < -0.39 is 0 Å². The molecule has 4 rings (SSSR count). The number of hydrogen-bond acceptors (Lipinski definition) is 3. The molecule has 5 heteroatoms. The van der Waals surface area contributed by atoms with E-state index in [0.717, 1.165) is 43.6 Å². The minimum absolute atomic E-state index is 0.0348. The number of carbonyl (C=O) groups excluding carboxylic acids is 1. The zero-order valence-electron chi connectivity index (χ0n) is 12.0. The first-order valence-electron chi connectivity index (χ1n) is 7.78. The zero-order valence-corrected chi connectivity index (χ0v) is 12.0. The number of aromatic nitrogens is 2. The highest BCUT2D eigenvalue weighted by molar-refractivity contribution is 5.89. The van der Waals surface area contributed by atoms with E-state index in [1.807, 2.05) is 6.92 Å². The van der Waals surface area contributed by atoms with Crippen LogP contribution in [0, 0.1) is 12.8 Å². The molecule has 0 aromatic carbocycles. The van der Waals surface area contributed by atoms with E-state index in [4.69, 9.17) is 0 Å². The summed E-state index contributed by atoms with van der Waals surface area (Å²) in [5.41, 5.74) is 1.75. The summed E-state index contributed by atoms with van der Waals surface area (Å²) in [6, 6.07) is 0. The standard InChI is InChI=1S/C15H22N4O/c1-10-12(17-9-16-10)13-18-15(6-2-3-7-15)14(20)19(13)8-11-4-5-11/h9,11,13,18H,2-8H2,1H3,(H,16,17)/t13-/m1/s1. The maximum Gasteiger partial charge on any atom is 0.244 e. The van der Waals surface area contributed by atoms with Crippen molar-refractivity contribution in [1.82, 2.24) is 20.2 Å². The lowest BCUT2D eigenvalue weighted by Crippen LogP contribution is -2.44. The van der Waals surface area contributed by atoms with Gasteiger partial charge in [-0.1, -0.05) is 12.8 Å². The predicted octanol–water partition coefficient (Wildman–Crippen LogP) is 1.87. The zero-order chi connectivity index (χ0) is 13.7. The molecule has 108 valence electrons. The van der Waals surface area contributed by atoms with E-state index >= 15 is 0 Å². The number of aromatic amines is 1. The van der Waals surface area contributed by atoms with Gasteiger partial charge < -0.3 is 9.88 Å². The van der Waals surface area contributed by atoms with E-state index in [2.05, 4.69) is 20.2 Å². The Morgan fingerprint density at radius 1 is 1.40 bits per heavy atom. The average Bonchev–Trinajstić information content (AvgIpc) is 2.85. The molecule has 2 aliphatic carbocycles. The number of rotatable bonds is 3. The van der Waals surface area contributed by atoms with Gasteiger partial charge in [0, 0.05) is 12.2 Å². The molecule has 0 unspecified atom stereocenters. The first-order chi connectivity index (χ1) is 9.70. The number of amides is 1. The number of hydrogen-bond donors (Lipinski definition) is 2. The topological polar surface area (TPSA) is 61.0 Å². The second kappa shape index (κ2) is 4.32. The molecule has 1 aromatic heterocycles. The molecule has 1 spiro atoms. The van der Waals surface area contributed by atoms with Crippen LogP contribution in [0.25, 0.3) is 0 Å². The van der Waals surface area contributed by atoms with Crippen molar-refractivity contribution in [3.63, 3.8) is 0 Å². The third kappa shape index (κ3) is 1.79. The van der Waals surface area contributed by atoms with E-state index in [9.17, 15) is 4.79 Å². The average molecular weight is 274 g/mol. The Hall–Kier alpha value is -1.36. The fraction of sp³-hybridized carbons (Fsp3) is 0.733. The largest absolute Gasteiger partial charge is 0.348 e. The predicted molar refractivity (Wildman–Crippen MR) is 74.8 cm³/mol. The lowest BCUT2D eigenvalue weighted by atomic mass is 9.98. The first kappa shape index (κ1) is 12.4. The van der Waals surface area contributed by atoms with Crippen molar-refractivity contribution >= 4 is 5.91 Å². The molecule has 0 bridgehead atoms. The summed E-state index contributed by atoms with van der Waals surface area (Å²) in [5.74, 6) is 1.02. The number of imidazole rings is 1. The minimum atomic E-state index is -0.301. The van der Waals surface area contributed by atoms with Crippen LogP contribution in [0.5, 0.6) is 0 Å². The Labute approximate surface area is 119 Å². The van der Waals surface area contributed by atoms with Crippen molar-refractivity contribution in [3.05, 3.63) is 17.7 Å². The molecule has 1 amide bonds. The summed E-state index contributed by atoms with van der Waals surface area (Å²) in [7, 11) is 0. The van der Waals surface area contributed by atoms with Crippen LogP contribution < -0.4 is 5.32 Å². The number of nitrogens with zero attached hydrogens (tertiary/aromatic N) is 2. The van der Waals surface area contributed by atoms with Crippen molar-refractivity contribution in [2.24, 2.45) is 5.92 Å². The van der Waals surface area contributed by atoms with Gasteiger partial charge in [0.25, 0.3) is 0 Å². The molecule has 3 fully saturated rings. The van der Waals surface area contributed by atoms with Gasteiger partial charge in [0.2, 0.25) is 5.91 Å². The molecule has 1 aromatic rings. The van der Waals surface area contributed by atoms with Gasteiger partial charge in [-0.25, -0.2) is 4.98 Å². The van der Waals surface area contributed by atoms with E-state index in [-0.39, 0.29) is 11.7 Å². The van der Waals surface area contributed by atoms with Gasteiger partial charge in [0.1, 0.15) is 6.17 Å². The molecular weight excluding hydrogens is 252 g/mol. The summed E-state index contributed by atoms with van der Waals surface area (Å²) < 4.78 is 0. The van der Waals surface area contributed by atoms with Gasteiger partial charge in [-0.2, -0.15) is 0 Å². The number of aryl methyl sites for hydroxylation is 1. The van der Waals surface area contributed by atoms with Gasteiger partial charge in [0.05, 0.1) is 17.6 Å². The highest BCUT2D eigenvalue weighted by atomic mass is 16.2. The summed E-state index contributed by atoms with van der Waals surface area (Å²) in [6.45, 7) is 2.92. The second-order valence-electron chi connectivity index (χ2n) is 6.65. The summed E-state index contributed by atoms with van der Waals surface area (Å²) in [4.78, 5) is 22.6. The number of carbonyl (C=O) groups is 1. The molecule has 1 aliphatic heterocycles. The van der Waals surface area contributed by atoms with Crippen LogP contribution in [0.4, 0.5) is 0 Å². The van der Waals surface area contributed by atoms with E-state index in [1.54, 1.807) is 6.33 Å². The van der Waals surface area contributed by atoms with Crippen LogP contribution in [0.1, 0.15) is 56.1 Å². The van der Waals surface area contributed by atoms with Crippen molar-refractivity contribution in [2.75, 3.05) is 6.54 Å². The van der Waals surface area contributed by atoms with Crippen LogP contribution >= 0.6 is 0 Å². The van der Waals surface area contributed by atoms with Crippen LogP contribution in [0.3, 0.4) is 0 Å². The fourth-order valence-electron chi connectivity index (χ4n) is 3.76. The van der Waals surface area contributed by atoms with Crippen molar-refractivity contribution in [3.8, 4) is 0 Å². The highest BCUT2D eigenvalue weighted by Crippen LogP contribution is 2.43. The summed E-state index contributed by atoms with van der Waals surface area (Å²) in [6.07, 6.45) is 8.50. The number of nitrogens with one attached hydrogen (secondary N) is 2. The molecule has 0 radical (unpaired) electrons. The van der Waals surface area contributed by atoms with E-state index in [0.29, 0.717) is 11.8 Å². The second-order valence-corrected chi connectivity index (χ2v) is 6.65. The Morgan fingerprint density at radius 3 is 2.75 bits per heavy atom. The van der Waals surface area contributed by atoms with Crippen LogP contribution in [0.15, 0.2) is 6.33 Å². The van der Waals surface area contributed by atoms with E-state index in [1.165, 1.54) is 12.8 Å². The Bertz CT molecular complexity index is 528. The Morgan fingerprint density at radius 2 is 2.15 bits per heavy atom. The smallest absolute Gasteiger partial charge is 0.244 e. The van der Waals surface area contributed by atoms with Gasteiger partial charge >= 0.3 is 0 Å². The lowest BCUT2D eigenvalue weighted by Gasteiger charge is -2.23. The molecule has 3 aliphatic rings. The molecule has 2 saturated carbocycles. The van der Waals surface area contributed by atoms with Gasteiger partial charge in [-0.15, -0.1) is 0 Å². The maximum absolute atomic E-state index is 12.9. The van der Waals surface area contributed by atoms with Crippen LogP contribution in [-0.4, -0.2) is 32.9 Å². The summed E-state index contributed by atoms with van der Waals surface area (Å²) >= 11 is 0. The van der Waals surface area contributed by atoms with Gasteiger partial charge in [-0.3, -0.25) is 10.1 Å². The van der Waals surface area contributed by atoms with Gasteiger partial charge in [-0.05, 0) is 38.5 Å².